The molecule has 0 N–H and O–H groups in total. The van der Waals surface area contributed by atoms with Crippen LogP contribution < -0.4 is 14.2 Å². The van der Waals surface area contributed by atoms with Crippen LogP contribution in [0.15, 0.2) is 72.8 Å². The summed E-state index contributed by atoms with van der Waals surface area (Å²) in [6.45, 7) is 13.6. The predicted molar refractivity (Wildman–Crippen MR) is 105 cm³/mol. The van der Waals surface area contributed by atoms with E-state index in [-0.39, 0.29) is 5.97 Å². The van der Waals surface area contributed by atoms with E-state index in [0.717, 1.165) is 16.9 Å². The van der Waals surface area contributed by atoms with Gasteiger partial charge in [-0.15, -0.1) is 0 Å². The lowest BCUT2D eigenvalue weighted by Gasteiger charge is -2.05. The molecule has 2 aromatic carbocycles. The highest BCUT2D eigenvalue weighted by atomic mass is 16.5. The Morgan fingerprint density at radius 3 is 1.93 bits per heavy atom. The second-order valence-corrected chi connectivity index (χ2v) is 5.91. The molecule has 0 amide bonds. The number of benzene rings is 2. The van der Waals surface area contributed by atoms with Crippen LogP contribution in [0, 0.1) is 6.92 Å². The van der Waals surface area contributed by atoms with Gasteiger partial charge < -0.3 is 14.2 Å². The van der Waals surface area contributed by atoms with Gasteiger partial charge in [0, 0.05) is 5.57 Å². The van der Waals surface area contributed by atoms with E-state index in [0.29, 0.717) is 30.2 Å². The quantitative estimate of drug-likeness (QED) is 0.234. The van der Waals surface area contributed by atoms with Gasteiger partial charge in [-0.25, -0.2) is 4.79 Å². The van der Waals surface area contributed by atoms with Gasteiger partial charge in [-0.2, -0.15) is 0 Å². The maximum atomic E-state index is 11.1. The monoisotopic (exact) mass is 368 g/mol. The van der Waals surface area contributed by atoms with Crippen molar-refractivity contribution in [3.05, 3.63) is 78.4 Å². The van der Waals surface area contributed by atoms with E-state index in [9.17, 15) is 9.59 Å². The fourth-order valence-corrected chi connectivity index (χ4v) is 1.68. The van der Waals surface area contributed by atoms with Crippen LogP contribution in [-0.2, 0) is 9.59 Å². The lowest BCUT2D eigenvalue weighted by molar-refractivity contribution is -0.130. The summed E-state index contributed by atoms with van der Waals surface area (Å²) < 4.78 is 15.0. The predicted octanol–water partition coefficient (Wildman–Crippen LogP) is 4.65. The van der Waals surface area contributed by atoms with E-state index in [4.69, 9.17) is 9.47 Å². The largest absolute Gasteiger partial charge is 0.489 e. The average molecular weight is 368 g/mol. The maximum Gasteiger partial charge on any atom is 0.338 e. The van der Waals surface area contributed by atoms with Crippen molar-refractivity contribution in [3.8, 4) is 17.2 Å². The molecule has 0 radical (unpaired) electrons. The first kappa shape index (κ1) is 21.7. The second kappa shape index (κ2) is 11.3. The fraction of sp³-hybridized carbons (Fsp3) is 0.182. The number of carbonyl (C=O) groups is 2. The highest BCUT2D eigenvalue weighted by Crippen LogP contribution is 2.17. The second-order valence-electron chi connectivity index (χ2n) is 5.91. The number of rotatable bonds is 7. The van der Waals surface area contributed by atoms with Gasteiger partial charge in [-0.1, -0.05) is 30.9 Å². The van der Waals surface area contributed by atoms with Crippen molar-refractivity contribution in [1.29, 1.82) is 0 Å². The molecule has 0 aliphatic carbocycles. The first-order chi connectivity index (χ1) is 12.8. The smallest absolute Gasteiger partial charge is 0.338 e. The van der Waals surface area contributed by atoms with E-state index in [2.05, 4.69) is 17.9 Å². The third-order valence-electron chi connectivity index (χ3n) is 3.07. The number of hydrogen-bond donors (Lipinski definition) is 0. The van der Waals surface area contributed by atoms with Crippen molar-refractivity contribution in [1.82, 2.24) is 0 Å². The SMILES string of the molecule is C=C(C)C(=O)Oc1ccc(C)cc1.C=C(C)COc1ccc(OC=O)cc1. The summed E-state index contributed by atoms with van der Waals surface area (Å²) in [4.78, 5) is 21.1. The first-order valence-electron chi connectivity index (χ1n) is 8.23. The molecule has 0 unspecified atom stereocenters. The van der Waals surface area contributed by atoms with Crippen molar-refractivity contribution < 1.29 is 23.8 Å². The topological polar surface area (TPSA) is 61.8 Å². The van der Waals surface area contributed by atoms with Crippen molar-refractivity contribution in [2.75, 3.05) is 6.61 Å². The van der Waals surface area contributed by atoms with Crippen LogP contribution in [0.25, 0.3) is 0 Å². The number of hydrogen-bond acceptors (Lipinski definition) is 5. The summed E-state index contributed by atoms with van der Waals surface area (Å²) in [6.07, 6.45) is 0. The summed E-state index contributed by atoms with van der Waals surface area (Å²) >= 11 is 0. The molecule has 0 aliphatic heterocycles. The molecular formula is C22H24O5. The number of aryl methyl sites for hydroxylation is 1. The number of ether oxygens (including phenoxy) is 3. The van der Waals surface area contributed by atoms with Gasteiger partial charge in [0.2, 0.25) is 0 Å². The van der Waals surface area contributed by atoms with Crippen LogP contribution >= 0.6 is 0 Å². The molecule has 0 fully saturated rings. The van der Waals surface area contributed by atoms with E-state index in [1.165, 1.54) is 0 Å². The van der Waals surface area contributed by atoms with Crippen LogP contribution in [0.1, 0.15) is 19.4 Å². The summed E-state index contributed by atoms with van der Waals surface area (Å²) in [5.41, 5.74) is 2.49. The summed E-state index contributed by atoms with van der Waals surface area (Å²) in [5.74, 6) is 1.40. The Balaban J connectivity index is 0.000000271. The minimum Gasteiger partial charge on any atom is -0.489 e. The molecule has 0 saturated carbocycles. The summed E-state index contributed by atoms with van der Waals surface area (Å²) in [6, 6.07) is 14.1. The molecule has 0 atom stereocenters. The van der Waals surface area contributed by atoms with E-state index in [1.54, 1.807) is 43.3 Å². The Hall–Kier alpha value is -3.34. The van der Waals surface area contributed by atoms with Gasteiger partial charge >= 0.3 is 5.97 Å². The molecule has 0 saturated heterocycles. The van der Waals surface area contributed by atoms with Gasteiger partial charge in [0.25, 0.3) is 6.47 Å². The lowest BCUT2D eigenvalue weighted by Crippen LogP contribution is -2.07. The molecule has 5 nitrogen and oxygen atoms in total. The molecule has 0 heterocycles. The third-order valence-corrected chi connectivity index (χ3v) is 3.07. The molecule has 2 rings (SSSR count). The molecular weight excluding hydrogens is 344 g/mol. The van der Waals surface area contributed by atoms with Crippen molar-refractivity contribution in [2.24, 2.45) is 0 Å². The highest BCUT2D eigenvalue weighted by molar-refractivity contribution is 5.88. The van der Waals surface area contributed by atoms with Gasteiger partial charge in [0.15, 0.2) is 0 Å². The van der Waals surface area contributed by atoms with E-state index in [1.807, 2.05) is 26.0 Å². The third kappa shape index (κ3) is 9.07. The minimum absolute atomic E-state index is 0.385. The normalized spacial score (nSPS) is 9.30. The highest BCUT2D eigenvalue weighted by Gasteiger charge is 2.03. The molecule has 0 spiro atoms. The molecule has 0 aliphatic rings. The molecule has 2 aromatic rings. The number of carbonyl (C=O) groups excluding carboxylic acids is 2. The van der Waals surface area contributed by atoms with Crippen LogP contribution in [-0.4, -0.2) is 19.0 Å². The van der Waals surface area contributed by atoms with Crippen molar-refractivity contribution in [3.63, 3.8) is 0 Å². The molecule has 27 heavy (non-hydrogen) atoms. The Labute approximate surface area is 159 Å². The lowest BCUT2D eigenvalue weighted by atomic mass is 10.2. The van der Waals surface area contributed by atoms with E-state index < -0.39 is 0 Å². The van der Waals surface area contributed by atoms with Gasteiger partial charge in [-0.3, -0.25) is 4.79 Å². The van der Waals surface area contributed by atoms with Crippen LogP contribution in [0.4, 0.5) is 0 Å². The van der Waals surface area contributed by atoms with Crippen molar-refractivity contribution in [2.45, 2.75) is 20.8 Å². The Kier molecular flexibility index (Phi) is 9.09. The van der Waals surface area contributed by atoms with Crippen LogP contribution in [0.5, 0.6) is 17.2 Å². The zero-order chi connectivity index (χ0) is 20.2. The van der Waals surface area contributed by atoms with E-state index >= 15 is 0 Å². The molecule has 142 valence electrons. The van der Waals surface area contributed by atoms with Crippen molar-refractivity contribution >= 4 is 12.4 Å². The Bertz CT molecular complexity index is 773. The standard InChI is InChI=1S/C11H12O3.C11H12O2/c1-9(2)7-13-10-3-5-11(6-4-10)14-8-12;1-8(2)11(12)13-10-6-4-9(3)5-7-10/h3-6,8H,1,7H2,2H3;4-7H,1H2,2-3H3. The molecule has 5 heteroatoms. The zero-order valence-corrected chi connectivity index (χ0v) is 15.9. The van der Waals surface area contributed by atoms with Crippen LogP contribution in [0.3, 0.4) is 0 Å². The average Bonchev–Trinajstić information content (AvgIpc) is 2.63. The fourth-order valence-electron chi connectivity index (χ4n) is 1.68. The van der Waals surface area contributed by atoms with Gasteiger partial charge in [0.05, 0.1) is 0 Å². The first-order valence-corrected chi connectivity index (χ1v) is 8.23. The molecule has 0 aromatic heterocycles. The van der Waals surface area contributed by atoms with Crippen LogP contribution in [0.2, 0.25) is 0 Å². The Morgan fingerprint density at radius 1 is 0.926 bits per heavy atom. The molecule has 0 bridgehead atoms. The summed E-state index contributed by atoms with van der Waals surface area (Å²) in [7, 11) is 0. The summed E-state index contributed by atoms with van der Waals surface area (Å²) in [5, 5.41) is 0. The minimum atomic E-state index is -0.385. The van der Waals surface area contributed by atoms with Gasteiger partial charge in [0.1, 0.15) is 23.9 Å². The maximum absolute atomic E-state index is 11.1. The Morgan fingerprint density at radius 2 is 1.44 bits per heavy atom. The zero-order valence-electron chi connectivity index (χ0n) is 15.9. The number of esters is 1. The van der Waals surface area contributed by atoms with Gasteiger partial charge in [-0.05, 0) is 62.7 Å².